The van der Waals surface area contributed by atoms with E-state index < -0.39 is 20.0 Å². The van der Waals surface area contributed by atoms with E-state index in [0.717, 1.165) is 213 Å². The molecule has 0 aliphatic carbocycles. The molecule has 3 amide bonds. The van der Waals surface area contributed by atoms with E-state index in [1.54, 1.807) is 48.7 Å². The summed E-state index contributed by atoms with van der Waals surface area (Å²) >= 11 is 5.93. The molecular formula is C92H96ClN15O7S2. The number of nitrogens with one attached hydrogen (secondary N) is 2. The highest BCUT2D eigenvalue weighted by molar-refractivity contribution is 7.93. The van der Waals surface area contributed by atoms with Crippen LogP contribution in [-0.2, 0) is 46.9 Å². The molecule has 0 radical (unpaired) electrons. The third-order valence-corrected chi connectivity index (χ3v) is 29.1. The van der Waals surface area contributed by atoms with Crippen LogP contribution in [0.25, 0.3) is 54.9 Å². The summed E-state index contributed by atoms with van der Waals surface area (Å²) in [6, 6.07) is 61.0. The summed E-state index contributed by atoms with van der Waals surface area (Å²) in [4.78, 5) is 82.8. The first-order chi connectivity index (χ1) is 56.9. The van der Waals surface area contributed by atoms with E-state index in [4.69, 9.17) is 26.6 Å². The van der Waals surface area contributed by atoms with Crippen molar-refractivity contribution >= 4 is 127 Å². The molecule has 0 bridgehead atoms. The average Bonchev–Trinajstić information content (AvgIpc) is 1.70. The number of carbonyl (C=O) groups excluding carboxylic acids is 3. The maximum absolute atomic E-state index is 14.1. The third-order valence-electron chi connectivity index (χ3n) is 25.3. The van der Waals surface area contributed by atoms with Crippen LogP contribution in [0.5, 0.6) is 0 Å². The predicted octanol–water partition coefficient (Wildman–Crippen LogP) is 15.7. The lowest BCUT2D eigenvalue weighted by molar-refractivity contribution is -0.149. The molecule has 1 atom stereocenters. The first-order valence-electron chi connectivity index (χ1n) is 40.8. The van der Waals surface area contributed by atoms with Crippen LogP contribution in [-0.4, -0.2) is 155 Å². The van der Waals surface area contributed by atoms with Gasteiger partial charge in [0, 0.05) is 119 Å². The Kier molecular flexibility index (Phi) is 22.0. The second-order valence-corrected chi connectivity index (χ2v) is 36.3. The van der Waals surface area contributed by atoms with Crippen molar-refractivity contribution < 1.29 is 31.2 Å². The van der Waals surface area contributed by atoms with Gasteiger partial charge in [-0.05, 0) is 186 Å². The molecule has 7 aliphatic heterocycles. The van der Waals surface area contributed by atoms with E-state index >= 15 is 0 Å². The Hall–Kier alpha value is -11.3. The van der Waals surface area contributed by atoms with Gasteiger partial charge < -0.3 is 34.8 Å². The quantitative estimate of drug-likeness (QED) is 0.108. The summed E-state index contributed by atoms with van der Waals surface area (Å²) in [6.45, 7) is 12.8. The summed E-state index contributed by atoms with van der Waals surface area (Å²) in [5, 5.41) is 5.11. The van der Waals surface area contributed by atoms with E-state index in [0.29, 0.717) is 48.2 Å². The van der Waals surface area contributed by atoms with Crippen LogP contribution in [0.1, 0.15) is 111 Å². The fourth-order valence-electron chi connectivity index (χ4n) is 18.5. The summed E-state index contributed by atoms with van der Waals surface area (Å²) in [5.41, 5.74) is 12.2. The number of H-pyrrole nitrogens is 1. The van der Waals surface area contributed by atoms with Gasteiger partial charge in [0.15, 0.2) is 0 Å². The Morgan fingerprint density at radius 3 is 1.43 bits per heavy atom. The van der Waals surface area contributed by atoms with Crippen molar-refractivity contribution in [2.75, 3.05) is 91.0 Å². The van der Waals surface area contributed by atoms with Crippen LogP contribution < -0.4 is 24.3 Å². The first kappa shape index (κ1) is 78.2. The number of aromatic amines is 1. The number of fused-ring (bicyclic) bond motifs is 6. The van der Waals surface area contributed by atoms with E-state index in [9.17, 15) is 31.2 Å². The number of anilines is 4. The monoisotopic (exact) mass is 1620 g/mol. The number of aryl methyl sites for hydroxylation is 2. The Balaban J connectivity index is 0.000000117. The minimum atomic E-state index is -3.72. The molecule has 25 heteroatoms. The highest BCUT2D eigenvalue weighted by Gasteiger charge is 2.49. The molecule has 7 aliphatic rings. The SMILES string of the molecule is Cc1ccc(S(=O)(=O)N2CC(CN3CCCC4(CCN(c5cnc6ccccc6n5)CC4)C3=O)c3ccccc32)cc1.Cc1ccc(S(=O)(=O)n2cc(CCl)c3ccccc32)cc1.O=C1N(Cc2c[nH]c3ccccc23)CCCC12CCN(c1cnc3ccccc3n1)CC2.O=C1NCCCC12CCN(c1cnc3ccccc3n1)CC2. The molecule has 8 aromatic carbocycles. The Bertz CT molecular complexity index is 6080. The number of amides is 3. The molecule has 6 saturated heterocycles. The van der Waals surface area contributed by atoms with Crippen LogP contribution in [0.2, 0.25) is 0 Å². The number of aromatic nitrogens is 8. The highest BCUT2D eigenvalue weighted by Crippen LogP contribution is 2.47. The Morgan fingerprint density at radius 1 is 0.453 bits per heavy atom. The maximum atomic E-state index is 14.1. The van der Waals surface area contributed by atoms with Gasteiger partial charge in [0.1, 0.15) is 17.5 Å². The number of para-hydroxylation sites is 9. The molecule has 22 nitrogen and oxygen atoms in total. The van der Waals surface area contributed by atoms with E-state index in [1.165, 1.54) is 19.2 Å². The first-order valence-corrected chi connectivity index (χ1v) is 44.3. The predicted molar refractivity (Wildman–Crippen MR) is 461 cm³/mol. The van der Waals surface area contributed by atoms with Crippen molar-refractivity contribution in [1.82, 2.24) is 54.0 Å². The maximum Gasteiger partial charge on any atom is 0.268 e. The molecule has 20 rings (SSSR count). The number of likely N-dealkylation sites (tertiary alicyclic amines) is 2. The molecule has 3 spiro atoms. The van der Waals surface area contributed by atoms with Crippen LogP contribution >= 0.6 is 11.6 Å². The number of nitrogens with zero attached hydrogens (tertiary/aromatic N) is 13. The summed E-state index contributed by atoms with van der Waals surface area (Å²) in [7, 11) is -7.33. The van der Waals surface area contributed by atoms with Gasteiger partial charge in [0.25, 0.3) is 20.0 Å². The lowest BCUT2D eigenvalue weighted by Crippen LogP contribution is -2.54. The van der Waals surface area contributed by atoms with Gasteiger partial charge in [-0.2, -0.15) is 0 Å². The molecule has 12 heterocycles. The molecule has 600 valence electrons. The molecule has 6 fully saturated rings. The van der Waals surface area contributed by atoms with E-state index in [-0.39, 0.29) is 44.8 Å². The van der Waals surface area contributed by atoms with Gasteiger partial charge in [-0.1, -0.05) is 126 Å². The van der Waals surface area contributed by atoms with Crippen LogP contribution in [0.4, 0.5) is 23.1 Å². The van der Waals surface area contributed by atoms with Crippen molar-refractivity contribution in [2.24, 2.45) is 16.2 Å². The third kappa shape index (κ3) is 15.7. The summed E-state index contributed by atoms with van der Waals surface area (Å²) < 4.78 is 55.9. The zero-order valence-electron chi connectivity index (χ0n) is 66.0. The molecule has 13 aromatic rings. The largest absolute Gasteiger partial charge is 0.361 e. The molecule has 5 aromatic heterocycles. The number of carbonyl (C=O) groups is 3. The average molecular weight is 1620 g/mol. The van der Waals surface area contributed by atoms with Crippen LogP contribution in [0, 0.1) is 30.1 Å². The lowest BCUT2D eigenvalue weighted by atomic mass is 9.71. The number of hydrogen-bond donors (Lipinski definition) is 2. The summed E-state index contributed by atoms with van der Waals surface area (Å²) in [5.74, 6) is 3.70. The number of benzene rings is 8. The van der Waals surface area contributed by atoms with Crippen molar-refractivity contribution in [3.63, 3.8) is 0 Å². The summed E-state index contributed by atoms with van der Waals surface area (Å²) in [6.07, 6.45) is 20.4. The molecule has 117 heavy (non-hydrogen) atoms. The number of alkyl halides is 1. The van der Waals surface area contributed by atoms with Crippen LogP contribution in [0.15, 0.2) is 235 Å². The fraction of sp³-hybridized carbons (Fsp3) is 0.337. The van der Waals surface area contributed by atoms with Crippen molar-refractivity contribution in [1.29, 1.82) is 0 Å². The number of halogens is 1. The van der Waals surface area contributed by atoms with Crippen molar-refractivity contribution in [3.8, 4) is 0 Å². The van der Waals surface area contributed by atoms with Gasteiger partial charge in [-0.15, -0.1) is 11.6 Å². The standard InChI is InChI=1S/C33H35N5O3S.C26H27N5O.C17H20N4O.C16H14ClNO2S/c1-24-11-13-26(14-12-24)42(40,41)38-23-25(27-7-2-5-10-30(27)38)22-37-18-6-15-33(32(37)39)16-19-36(20-17-33)31-21-34-28-8-3-4-9-29(28)35-31;32-25-26(10-5-13-31(25)18-19-16-27-21-7-2-1-6-20(19)21)11-14-30(15-12-26)24-17-28-22-8-3-4-9-23(22)29-24;22-16-17(6-3-9-18-16)7-10-21(11-8-17)15-12-19-13-4-1-2-5-14(13)20-15;1-12-6-8-14(9-7-12)21(19,20)18-11-13(10-17)15-4-2-3-5-16(15)18/h2-5,7-14,21,25H,6,15-20,22-23H2,1H3;1-4,6-9,16-17,27H,5,10-15,18H2;1-2,4-5,12H,3,6-11H2,(H,18,22);2-9,11H,10H2,1H3. The van der Waals surface area contributed by atoms with E-state index in [1.807, 2.05) is 171 Å². The smallest absolute Gasteiger partial charge is 0.268 e. The Labute approximate surface area is 687 Å². The van der Waals surface area contributed by atoms with Gasteiger partial charge in [-0.3, -0.25) is 33.6 Å². The van der Waals surface area contributed by atoms with Crippen LogP contribution in [0.3, 0.4) is 0 Å². The van der Waals surface area contributed by atoms with Gasteiger partial charge in [0.05, 0.1) is 88.9 Å². The normalized spacial score (nSPS) is 18.5. The second kappa shape index (κ2) is 33.0. The number of hydrogen-bond acceptors (Lipinski definition) is 16. The number of sulfonamides is 1. The molecule has 2 N–H and O–H groups in total. The Morgan fingerprint density at radius 2 is 0.897 bits per heavy atom. The van der Waals surface area contributed by atoms with Crippen molar-refractivity contribution in [3.05, 3.63) is 253 Å². The second-order valence-electron chi connectivity index (χ2n) is 32.4. The zero-order chi connectivity index (χ0) is 80.5. The molecule has 1 unspecified atom stereocenters. The zero-order valence-corrected chi connectivity index (χ0v) is 68.4. The van der Waals surface area contributed by atoms with E-state index in [2.05, 4.69) is 69.2 Å². The topological polar surface area (TPSA) is 249 Å². The highest BCUT2D eigenvalue weighted by atomic mass is 35.5. The minimum absolute atomic E-state index is 0.0755. The van der Waals surface area contributed by atoms with Gasteiger partial charge in [0.2, 0.25) is 17.7 Å². The lowest BCUT2D eigenvalue weighted by Gasteiger charge is -2.47. The fourth-order valence-corrected chi connectivity index (χ4v) is 21.7. The van der Waals surface area contributed by atoms with Gasteiger partial charge in [-0.25, -0.2) is 35.8 Å². The van der Waals surface area contributed by atoms with Crippen molar-refractivity contribution in [2.45, 2.75) is 119 Å². The minimum Gasteiger partial charge on any atom is -0.361 e. The number of rotatable bonds is 12. The molecular weight excluding hydrogens is 1530 g/mol. The number of piperidine rings is 6. The van der Waals surface area contributed by atoms with Gasteiger partial charge >= 0.3 is 0 Å². The molecule has 0 saturated carbocycles.